The lowest BCUT2D eigenvalue weighted by molar-refractivity contribution is -0.144. The summed E-state index contributed by atoms with van der Waals surface area (Å²) in [6.07, 6.45) is 0.707. The molecule has 0 heterocycles. The van der Waals surface area contributed by atoms with E-state index in [1.165, 1.54) is 0 Å². The summed E-state index contributed by atoms with van der Waals surface area (Å²) in [5.41, 5.74) is 1.88. The monoisotopic (exact) mass is 379 g/mol. The first-order valence-electron chi connectivity index (χ1n) is 8.53. The standard InChI is InChI=1S/C22H18ClNO3/c23-19-14-12-18(13-15-19)22(26)24(20-9-5-2-6-10-20)27-21(25)16-11-17-7-3-1-4-8-17/h1-10,12-15H,11,16H2. The molecule has 0 bridgehead atoms. The van der Waals surface area contributed by atoms with Gasteiger partial charge in [-0.05, 0) is 48.4 Å². The Morgan fingerprint density at radius 3 is 2.04 bits per heavy atom. The van der Waals surface area contributed by atoms with Crippen molar-refractivity contribution in [2.75, 3.05) is 5.06 Å². The normalized spacial score (nSPS) is 10.3. The fourth-order valence-electron chi connectivity index (χ4n) is 2.52. The molecule has 0 spiro atoms. The molecule has 0 saturated heterocycles. The van der Waals surface area contributed by atoms with Crippen LogP contribution in [-0.4, -0.2) is 11.9 Å². The second kappa shape index (κ2) is 9.01. The third-order valence-electron chi connectivity index (χ3n) is 3.92. The SMILES string of the molecule is O=C(CCc1ccccc1)ON(C(=O)c1ccc(Cl)cc1)c1ccccc1. The zero-order valence-corrected chi connectivity index (χ0v) is 15.3. The van der Waals surface area contributed by atoms with Gasteiger partial charge in [-0.1, -0.05) is 60.1 Å². The van der Waals surface area contributed by atoms with Gasteiger partial charge < -0.3 is 4.84 Å². The molecule has 136 valence electrons. The van der Waals surface area contributed by atoms with Crippen LogP contribution in [0, 0.1) is 0 Å². The molecular formula is C22H18ClNO3. The summed E-state index contributed by atoms with van der Waals surface area (Å²) in [4.78, 5) is 30.6. The molecule has 0 aliphatic carbocycles. The van der Waals surface area contributed by atoms with Crippen LogP contribution in [0.5, 0.6) is 0 Å². The van der Waals surface area contributed by atoms with Gasteiger partial charge in [0, 0.05) is 10.6 Å². The maximum absolute atomic E-state index is 12.9. The summed E-state index contributed by atoms with van der Waals surface area (Å²) in [6, 6.07) is 24.9. The maximum Gasteiger partial charge on any atom is 0.333 e. The molecule has 0 aliphatic heterocycles. The Bertz CT molecular complexity index is 896. The van der Waals surface area contributed by atoms with Crippen molar-refractivity contribution in [1.29, 1.82) is 0 Å². The molecule has 0 saturated carbocycles. The number of aryl methyl sites for hydroxylation is 1. The summed E-state index contributed by atoms with van der Waals surface area (Å²) in [7, 11) is 0. The third-order valence-corrected chi connectivity index (χ3v) is 4.17. The zero-order chi connectivity index (χ0) is 19.1. The predicted octanol–water partition coefficient (Wildman–Crippen LogP) is 5.08. The number of hydrogen-bond acceptors (Lipinski definition) is 3. The second-order valence-electron chi connectivity index (χ2n) is 5.89. The van der Waals surface area contributed by atoms with E-state index in [0.717, 1.165) is 10.6 Å². The largest absolute Gasteiger partial charge is 0.333 e. The van der Waals surface area contributed by atoms with E-state index >= 15 is 0 Å². The van der Waals surface area contributed by atoms with Gasteiger partial charge in [0.15, 0.2) is 0 Å². The summed E-state index contributed by atoms with van der Waals surface area (Å²) < 4.78 is 0. The number of hydroxylamine groups is 1. The van der Waals surface area contributed by atoms with Gasteiger partial charge >= 0.3 is 5.97 Å². The molecule has 3 aromatic rings. The summed E-state index contributed by atoms with van der Waals surface area (Å²) >= 11 is 5.89. The Morgan fingerprint density at radius 1 is 0.815 bits per heavy atom. The molecule has 5 heteroatoms. The molecule has 27 heavy (non-hydrogen) atoms. The Labute approximate surface area is 162 Å². The van der Waals surface area contributed by atoms with E-state index in [1.54, 1.807) is 48.5 Å². The van der Waals surface area contributed by atoms with Crippen molar-refractivity contribution >= 4 is 29.2 Å². The first-order valence-corrected chi connectivity index (χ1v) is 8.91. The minimum Gasteiger partial charge on any atom is -0.333 e. The van der Waals surface area contributed by atoms with E-state index in [1.807, 2.05) is 36.4 Å². The van der Waals surface area contributed by atoms with Crippen LogP contribution >= 0.6 is 11.6 Å². The summed E-state index contributed by atoms with van der Waals surface area (Å²) in [5, 5.41) is 1.55. The van der Waals surface area contributed by atoms with Crippen molar-refractivity contribution in [2.45, 2.75) is 12.8 Å². The smallest absolute Gasteiger partial charge is 0.333 e. The van der Waals surface area contributed by atoms with Gasteiger partial charge in [-0.25, -0.2) is 4.79 Å². The molecular weight excluding hydrogens is 362 g/mol. The topological polar surface area (TPSA) is 46.6 Å². The van der Waals surface area contributed by atoms with Crippen LogP contribution in [0.2, 0.25) is 5.02 Å². The van der Waals surface area contributed by atoms with Crippen molar-refractivity contribution < 1.29 is 14.4 Å². The van der Waals surface area contributed by atoms with Crippen molar-refractivity contribution in [3.05, 3.63) is 101 Å². The number of anilines is 1. The highest BCUT2D eigenvalue weighted by Crippen LogP contribution is 2.19. The first kappa shape index (κ1) is 18.7. The van der Waals surface area contributed by atoms with Gasteiger partial charge in [0.2, 0.25) is 0 Å². The number of carbonyl (C=O) groups excluding carboxylic acids is 2. The Hall–Kier alpha value is -3.11. The maximum atomic E-state index is 12.9. The van der Waals surface area contributed by atoms with Crippen LogP contribution in [0.15, 0.2) is 84.9 Å². The average Bonchev–Trinajstić information content (AvgIpc) is 2.72. The minimum absolute atomic E-state index is 0.168. The van der Waals surface area contributed by atoms with Gasteiger partial charge in [-0.3, -0.25) is 4.79 Å². The van der Waals surface area contributed by atoms with Crippen LogP contribution in [0.4, 0.5) is 5.69 Å². The van der Waals surface area contributed by atoms with Crippen LogP contribution in [0.3, 0.4) is 0 Å². The number of benzene rings is 3. The second-order valence-corrected chi connectivity index (χ2v) is 6.33. The highest BCUT2D eigenvalue weighted by Gasteiger charge is 2.22. The average molecular weight is 380 g/mol. The number of para-hydroxylation sites is 1. The molecule has 0 unspecified atom stereocenters. The molecule has 0 aromatic heterocycles. The van der Waals surface area contributed by atoms with Crippen LogP contribution in [-0.2, 0) is 16.1 Å². The van der Waals surface area contributed by atoms with Gasteiger partial charge in [-0.15, -0.1) is 5.06 Å². The lowest BCUT2D eigenvalue weighted by Gasteiger charge is -2.21. The van der Waals surface area contributed by atoms with Crippen molar-refractivity contribution in [1.82, 2.24) is 0 Å². The lowest BCUT2D eigenvalue weighted by Crippen LogP contribution is -2.33. The first-order chi connectivity index (χ1) is 13.1. The molecule has 0 atom stereocenters. The molecule has 0 N–H and O–H groups in total. The Morgan fingerprint density at radius 2 is 1.41 bits per heavy atom. The molecule has 0 radical (unpaired) electrons. The molecule has 1 amide bonds. The molecule has 4 nitrogen and oxygen atoms in total. The van der Waals surface area contributed by atoms with Crippen molar-refractivity contribution in [3.63, 3.8) is 0 Å². The van der Waals surface area contributed by atoms with E-state index in [0.29, 0.717) is 22.7 Å². The number of rotatable bonds is 5. The van der Waals surface area contributed by atoms with Gasteiger partial charge in [0.05, 0.1) is 12.1 Å². The number of nitrogens with zero attached hydrogens (tertiary/aromatic N) is 1. The Balaban J connectivity index is 1.75. The molecule has 0 fully saturated rings. The molecule has 0 aliphatic rings. The fourth-order valence-corrected chi connectivity index (χ4v) is 2.65. The predicted molar refractivity (Wildman–Crippen MR) is 106 cm³/mol. The van der Waals surface area contributed by atoms with Crippen molar-refractivity contribution in [2.24, 2.45) is 0 Å². The number of carbonyl (C=O) groups is 2. The van der Waals surface area contributed by atoms with E-state index in [9.17, 15) is 9.59 Å². The van der Waals surface area contributed by atoms with E-state index in [4.69, 9.17) is 16.4 Å². The fraction of sp³-hybridized carbons (Fsp3) is 0.0909. The van der Waals surface area contributed by atoms with E-state index in [2.05, 4.69) is 0 Å². The molecule has 3 aromatic carbocycles. The van der Waals surface area contributed by atoms with Gasteiger partial charge in [0.25, 0.3) is 5.91 Å². The van der Waals surface area contributed by atoms with Gasteiger partial charge in [0.1, 0.15) is 0 Å². The van der Waals surface area contributed by atoms with Crippen LogP contribution < -0.4 is 5.06 Å². The number of hydrogen-bond donors (Lipinski definition) is 0. The summed E-state index contributed by atoms with van der Waals surface area (Å²) in [6.45, 7) is 0. The Kier molecular flexibility index (Phi) is 6.23. The number of amides is 1. The zero-order valence-electron chi connectivity index (χ0n) is 14.5. The highest BCUT2D eigenvalue weighted by atomic mass is 35.5. The van der Waals surface area contributed by atoms with Crippen molar-refractivity contribution in [3.8, 4) is 0 Å². The quantitative estimate of drug-likeness (QED) is 0.581. The minimum atomic E-state index is -0.481. The van der Waals surface area contributed by atoms with Gasteiger partial charge in [-0.2, -0.15) is 0 Å². The lowest BCUT2D eigenvalue weighted by atomic mass is 10.1. The third kappa shape index (κ3) is 5.19. The van der Waals surface area contributed by atoms with E-state index in [-0.39, 0.29) is 6.42 Å². The van der Waals surface area contributed by atoms with Crippen LogP contribution in [0.25, 0.3) is 0 Å². The number of halogens is 1. The van der Waals surface area contributed by atoms with Crippen LogP contribution in [0.1, 0.15) is 22.3 Å². The summed E-state index contributed by atoms with van der Waals surface area (Å²) in [5.74, 6) is -0.920. The molecule has 3 rings (SSSR count). The van der Waals surface area contributed by atoms with E-state index < -0.39 is 11.9 Å². The highest BCUT2D eigenvalue weighted by molar-refractivity contribution is 6.30.